The van der Waals surface area contributed by atoms with Gasteiger partial charge < -0.3 is 5.73 Å². The molecule has 0 fully saturated rings. The first-order chi connectivity index (χ1) is 8.66. The molecule has 18 heavy (non-hydrogen) atoms. The van der Waals surface area contributed by atoms with Crippen molar-refractivity contribution >= 4 is 23.4 Å². The highest BCUT2D eigenvalue weighted by atomic mass is 35.5. The Morgan fingerprint density at radius 3 is 2.67 bits per heavy atom. The second-order valence-corrected chi connectivity index (χ2v) is 5.76. The number of thioether (sulfide) groups is 1. The third-order valence-electron chi connectivity index (χ3n) is 2.52. The largest absolute Gasteiger partial charge is 0.327 e. The van der Waals surface area contributed by atoms with Crippen LogP contribution in [-0.2, 0) is 0 Å². The Morgan fingerprint density at radius 1 is 1.22 bits per heavy atom. The number of pyridine rings is 1. The smallest absolute Gasteiger partial charge is 0.0665 e. The number of halogens is 1. The molecule has 0 aliphatic carbocycles. The Balaban J connectivity index is 2.22. The molecule has 1 aromatic heterocycles. The summed E-state index contributed by atoms with van der Waals surface area (Å²) < 4.78 is 0. The maximum Gasteiger partial charge on any atom is 0.0665 e. The van der Waals surface area contributed by atoms with Crippen molar-refractivity contribution in [3.8, 4) is 0 Å². The van der Waals surface area contributed by atoms with Gasteiger partial charge in [0.05, 0.1) is 10.9 Å². The highest BCUT2D eigenvalue weighted by molar-refractivity contribution is 7.99. The van der Waals surface area contributed by atoms with E-state index in [2.05, 4.69) is 4.98 Å². The fourth-order valence-electron chi connectivity index (χ4n) is 1.67. The summed E-state index contributed by atoms with van der Waals surface area (Å²) in [5, 5.41) is 0.870. The molecule has 2 unspecified atom stereocenters. The molecule has 94 valence electrons. The van der Waals surface area contributed by atoms with Crippen molar-refractivity contribution in [2.24, 2.45) is 5.73 Å². The summed E-state index contributed by atoms with van der Waals surface area (Å²) in [6.45, 7) is 2.00. The first-order valence-electron chi connectivity index (χ1n) is 5.75. The van der Waals surface area contributed by atoms with Crippen molar-refractivity contribution in [1.29, 1.82) is 0 Å². The minimum absolute atomic E-state index is 0.0175. The van der Waals surface area contributed by atoms with Crippen molar-refractivity contribution in [2.45, 2.75) is 23.1 Å². The van der Waals surface area contributed by atoms with Gasteiger partial charge in [-0.3, -0.25) is 4.98 Å². The van der Waals surface area contributed by atoms with Crippen LogP contribution in [0.15, 0.2) is 53.6 Å². The van der Waals surface area contributed by atoms with E-state index in [-0.39, 0.29) is 11.3 Å². The van der Waals surface area contributed by atoms with Crippen LogP contribution < -0.4 is 5.73 Å². The molecule has 0 aliphatic rings. The molecule has 0 radical (unpaired) electrons. The Hall–Kier alpha value is -1.03. The van der Waals surface area contributed by atoms with Crippen LogP contribution >= 0.6 is 23.4 Å². The van der Waals surface area contributed by atoms with Crippen LogP contribution in [0, 0.1) is 0 Å². The van der Waals surface area contributed by atoms with E-state index in [1.54, 1.807) is 18.0 Å². The van der Waals surface area contributed by atoms with Crippen LogP contribution in [0.1, 0.15) is 17.9 Å². The zero-order valence-corrected chi connectivity index (χ0v) is 11.7. The average Bonchev–Trinajstić information content (AvgIpc) is 2.37. The molecule has 0 aliphatic heterocycles. The van der Waals surface area contributed by atoms with E-state index in [0.717, 1.165) is 15.6 Å². The molecule has 2 rings (SSSR count). The molecule has 0 saturated heterocycles. The lowest BCUT2D eigenvalue weighted by Gasteiger charge is -2.19. The van der Waals surface area contributed by atoms with Crippen molar-refractivity contribution in [1.82, 2.24) is 4.98 Å². The van der Waals surface area contributed by atoms with E-state index in [1.165, 1.54) is 0 Å². The summed E-state index contributed by atoms with van der Waals surface area (Å²) in [4.78, 5) is 5.49. The normalized spacial score (nSPS) is 14.2. The van der Waals surface area contributed by atoms with Gasteiger partial charge in [-0.1, -0.05) is 23.7 Å². The number of nitrogens with zero attached hydrogens (tertiary/aromatic N) is 1. The van der Waals surface area contributed by atoms with Gasteiger partial charge in [0.25, 0.3) is 0 Å². The lowest BCUT2D eigenvalue weighted by atomic mass is 10.2. The van der Waals surface area contributed by atoms with Crippen molar-refractivity contribution in [3.05, 3.63) is 59.4 Å². The van der Waals surface area contributed by atoms with Gasteiger partial charge in [-0.25, -0.2) is 0 Å². The van der Waals surface area contributed by atoms with Gasteiger partial charge in [-0.05, 0) is 37.3 Å². The van der Waals surface area contributed by atoms with Crippen molar-refractivity contribution in [2.75, 3.05) is 0 Å². The zero-order chi connectivity index (χ0) is 13.0. The van der Waals surface area contributed by atoms with Crippen LogP contribution in [0.25, 0.3) is 0 Å². The molecule has 1 heterocycles. The maximum absolute atomic E-state index is 6.06. The number of benzene rings is 1. The molecule has 0 bridgehead atoms. The fraction of sp³-hybridized carbons (Fsp3) is 0.214. The summed E-state index contributed by atoms with van der Waals surface area (Å²) in [5.41, 5.74) is 7.06. The predicted octanol–water partition coefficient (Wildman–Crippen LogP) is 3.92. The van der Waals surface area contributed by atoms with Crippen molar-refractivity contribution < 1.29 is 0 Å². The molecule has 0 saturated carbocycles. The first-order valence-corrected chi connectivity index (χ1v) is 7.01. The SMILES string of the molecule is CC(N)C(Sc1cccc(Cl)c1)c1ccccn1. The average molecular weight is 279 g/mol. The molecule has 0 spiro atoms. The standard InChI is InChI=1S/C14H15ClN2S/c1-10(16)14(13-7-2-3-8-17-13)18-12-6-4-5-11(15)9-12/h2-10,14H,16H2,1H3. The van der Waals surface area contributed by atoms with Crippen LogP contribution in [0.3, 0.4) is 0 Å². The number of hydrogen-bond acceptors (Lipinski definition) is 3. The zero-order valence-electron chi connectivity index (χ0n) is 10.1. The highest BCUT2D eigenvalue weighted by Crippen LogP contribution is 2.36. The van der Waals surface area contributed by atoms with E-state index < -0.39 is 0 Å². The summed E-state index contributed by atoms with van der Waals surface area (Å²) >= 11 is 7.69. The van der Waals surface area contributed by atoms with Crippen LogP contribution in [0.4, 0.5) is 0 Å². The number of rotatable bonds is 4. The minimum atomic E-state index is 0.0175. The first kappa shape index (κ1) is 13.4. The Labute approximate surface area is 117 Å². The van der Waals surface area contributed by atoms with E-state index in [1.807, 2.05) is 49.4 Å². The third kappa shape index (κ3) is 3.48. The van der Waals surface area contributed by atoms with Crippen LogP contribution in [0.2, 0.25) is 5.02 Å². The number of aromatic nitrogens is 1. The van der Waals surface area contributed by atoms with E-state index in [4.69, 9.17) is 17.3 Å². The third-order valence-corrected chi connectivity index (χ3v) is 4.20. The maximum atomic E-state index is 6.06. The lowest BCUT2D eigenvalue weighted by Crippen LogP contribution is -2.23. The topological polar surface area (TPSA) is 38.9 Å². The predicted molar refractivity (Wildman–Crippen MR) is 77.9 cm³/mol. The molecule has 1 aromatic carbocycles. The Morgan fingerprint density at radius 2 is 2.06 bits per heavy atom. The Kier molecular flexibility index (Phi) is 4.64. The van der Waals surface area contributed by atoms with Gasteiger partial charge in [0.15, 0.2) is 0 Å². The van der Waals surface area contributed by atoms with Crippen LogP contribution in [-0.4, -0.2) is 11.0 Å². The second-order valence-electron chi connectivity index (χ2n) is 4.11. The summed E-state index contributed by atoms with van der Waals surface area (Å²) in [6.07, 6.45) is 1.79. The fourth-order valence-corrected chi connectivity index (χ4v) is 3.04. The monoisotopic (exact) mass is 278 g/mol. The molecule has 2 atom stereocenters. The Bertz CT molecular complexity index is 502. The second kappa shape index (κ2) is 6.23. The summed E-state index contributed by atoms with van der Waals surface area (Å²) in [6, 6.07) is 13.7. The summed E-state index contributed by atoms with van der Waals surface area (Å²) in [5.74, 6) is 0. The van der Waals surface area contributed by atoms with Gasteiger partial charge >= 0.3 is 0 Å². The molecule has 0 amide bonds. The van der Waals surface area contributed by atoms with E-state index in [9.17, 15) is 0 Å². The molecular formula is C14H15ClN2S. The van der Waals surface area contributed by atoms with E-state index in [0.29, 0.717) is 0 Å². The molecule has 2 aromatic rings. The molecule has 2 N–H and O–H groups in total. The quantitative estimate of drug-likeness (QED) is 0.862. The molecule has 2 nitrogen and oxygen atoms in total. The minimum Gasteiger partial charge on any atom is -0.327 e. The van der Waals surface area contributed by atoms with Gasteiger partial charge in [-0.2, -0.15) is 0 Å². The van der Waals surface area contributed by atoms with Crippen molar-refractivity contribution in [3.63, 3.8) is 0 Å². The van der Waals surface area contributed by atoms with Crippen LogP contribution in [0.5, 0.6) is 0 Å². The number of hydrogen-bond donors (Lipinski definition) is 1. The van der Waals surface area contributed by atoms with Gasteiger partial charge in [0.1, 0.15) is 0 Å². The number of nitrogens with two attached hydrogens (primary N) is 1. The van der Waals surface area contributed by atoms with E-state index >= 15 is 0 Å². The molecular weight excluding hydrogens is 264 g/mol. The van der Waals surface area contributed by atoms with Gasteiger partial charge in [0, 0.05) is 22.2 Å². The lowest BCUT2D eigenvalue weighted by molar-refractivity contribution is 0.705. The van der Waals surface area contributed by atoms with Gasteiger partial charge in [0.2, 0.25) is 0 Å². The highest BCUT2D eigenvalue weighted by Gasteiger charge is 2.18. The van der Waals surface area contributed by atoms with Gasteiger partial charge in [-0.15, -0.1) is 11.8 Å². The summed E-state index contributed by atoms with van der Waals surface area (Å²) in [7, 11) is 0. The molecule has 4 heteroatoms.